The second kappa shape index (κ2) is 10.2. The number of amides is 2. The number of nitrogens with zero attached hydrogens (tertiary/aromatic N) is 6. The third-order valence-corrected chi connectivity index (χ3v) is 6.13. The number of piperazine rings is 1. The minimum Gasteiger partial charge on any atom is -0.442 e. The first kappa shape index (κ1) is 23.0. The molecule has 0 radical (unpaired) electrons. The largest absolute Gasteiger partial charge is 0.442 e. The Morgan fingerprint density at radius 3 is 2.67 bits per heavy atom. The summed E-state index contributed by atoms with van der Waals surface area (Å²) in [7, 11) is 0. The lowest BCUT2D eigenvalue weighted by Gasteiger charge is -2.36. The summed E-state index contributed by atoms with van der Waals surface area (Å²) in [6.45, 7) is 7.02. The van der Waals surface area contributed by atoms with E-state index in [-0.39, 0.29) is 12.0 Å². The molecule has 2 aromatic rings. The van der Waals surface area contributed by atoms with Gasteiger partial charge in [0.1, 0.15) is 11.9 Å². The Bertz CT molecular complexity index is 988. The number of benzene rings is 1. The molecular weight excluding hydrogens is 427 g/mol. The number of aromatic nitrogens is 3. The first-order chi connectivity index (χ1) is 15.9. The molecule has 9 nitrogen and oxygen atoms in total. The van der Waals surface area contributed by atoms with E-state index >= 15 is 0 Å². The first-order valence-electron chi connectivity index (χ1n) is 11.6. The van der Waals surface area contributed by atoms with E-state index in [0.717, 1.165) is 25.0 Å². The maximum Gasteiger partial charge on any atom is 0.414 e. The van der Waals surface area contributed by atoms with Crippen molar-refractivity contribution in [3.05, 3.63) is 35.9 Å². The summed E-state index contributed by atoms with van der Waals surface area (Å²) in [6, 6.07) is 4.82. The fourth-order valence-electron chi connectivity index (χ4n) is 4.32. The van der Waals surface area contributed by atoms with Gasteiger partial charge in [-0.15, -0.1) is 5.10 Å². The molecule has 1 atom stereocenters. The van der Waals surface area contributed by atoms with E-state index in [9.17, 15) is 14.0 Å². The molecule has 0 unspecified atom stereocenters. The highest BCUT2D eigenvalue weighted by Gasteiger charge is 2.33. The Morgan fingerprint density at radius 1 is 1.21 bits per heavy atom. The first-order valence-corrected chi connectivity index (χ1v) is 11.6. The molecule has 178 valence electrons. The van der Waals surface area contributed by atoms with Gasteiger partial charge in [-0.1, -0.05) is 25.0 Å². The quantitative estimate of drug-likeness (QED) is 0.566. The molecule has 33 heavy (non-hydrogen) atoms. The van der Waals surface area contributed by atoms with Crippen LogP contribution in [0.5, 0.6) is 0 Å². The summed E-state index contributed by atoms with van der Waals surface area (Å²) in [5, 5.41) is 7.92. The van der Waals surface area contributed by atoms with Gasteiger partial charge in [0.25, 0.3) is 0 Å². The van der Waals surface area contributed by atoms with Gasteiger partial charge in [-0.2, -0.15) is 0 Å². The Hall–Kier alpha value is -3.17. The van der Waals surface area contributed by atoms with E-state index in [2.05, 4.69) is 17.2 Å². The van der Waals surface area contributed by atoms with E-state index in [1.165, 1.54) is 11.0 Å². The molecule has 2 aliphatic heterocycles. The summed E-state index contributed by atoms with van der Waals surface area (Å²) >= 11 is 0. The van der Waals surface area contributed by atoms with Gasteiger partial charge < -0.3 is 14.5 Å². The molecule has 2 fully saturated rings. The molecule has 1 aromatic heterocycles. The van der Waals surface area contributed by atoms with Gasteiger partial charge in [-0.3, -0.25) is 9.69 Å². The molecule has 0 saturated carbocycles. The summed E-state index contributed by atoms with van der Waals surface area (Å²) < 4.78 is 22.1. The van der Waals surface area contributed by atoms with Crippen molar-refractivity contribution >= 4 is 23.4 Å². The minimum atomic E-state index is -0.501. The zero-order chi connectivity index (χ0) is 23.4. The smallest absolute Gasteiger partial charge is 0.414 e. The molecule has 10 heteroatoms. The summed E-state index contributed by atoms with van der Waals surface area (Å²) in [4.78, 5) is 29.9. The molecule has 1 aromatic carbocycles. The predicted molar refractivity (Wildman–Crippen MR) is 122 cm³/mol. The predicted octanol–water partition coefficient (Wildman–Crippen LogP) is 2.98. The van der Waals surface area contributed by atoms with E-state index < -0.39 is 11.9 Å². The average Bonchev–Trinajstić information content (AvgIpc) is 3.38. The highest BCUT2D eigenvalue weighted by atomic mass is 19.1. The van der Waals surface area contributed by atoms with Crippen LogP contribution in [-0.4, -0.2) is 70.7 Å². The van der Waals surface area contributed by atoms with Crippen LogP contribution in [0.2, 0.25) is 0 Å². The van der Waals surface area contributed by atoms with Crippen LogP contribution >= 0.6 is 0 Å². The van der Waals surface area contributed by atoms with Crippen molar-refractivity contribution in [1.29, 1.82) is 0 Å². The molecule has 0 spiro atoms. The number of carbonyl (C=O) groups is 2. The van der Waals surface area contributed by atoms with Gasteiger partial charge in [0.05, 0.1) is 30.2 Å². The van der Waals surface area contributed by atoms with Crippen LogP contribution in [0.1, 0.15) is 38.3 Å². The van der Waals surface area contributed by atoms with Gasteiger partial charge >= 0.3 is 6.09 Å². The topological polar surface area (TPSA) is 83.8 Å². The van der Waals surface area contributed by atoms with Crippen molar-refractivity contribution in [1.82, 2.24) is 19.9 Å². The molecule has 0 aliphatic carbocycles. The van der Waals surface area contributed by atoms with Crippen LogP contribution in [0.15, 0.2) is 24.4 Å². The monoisotopic (exact) mass is 458 g/mol. The second-order valence-corrected chi connectivity index (χ2v) is 8.66. The highest BCUT2D eigenvalue weighted by molar-refractivity contribution is 5.90. The summed E-state index contributed by atoms with van der Waals surface area (Å²) in [5.74, 6) is -0.208. The van der Waals surface area contributed by atoms with Gasteiger partial charge in [-0.05, 0) is 31.5 Å². The minimum absolute atomic E-state index is 0.182. The number of hydrogen-bond donors (Lipinski definition) is 0. The Balaban J connectivity index is 1.34. The average molecular weight is 459 g/mol. The standard InChI is InChI=1S/C23H31FN6O3/c1-3-4-5-6-22(31)28-11-9-27(10-12-28)21-8-7-18(13-20(21)24)30-16-19(33-23(30)32)15-29-14-17(2)25-26-29/h7-8,13-14,19H,3-6,9-12,15-16H2,1-2H3/t19-/m0/s1. The SMILES string of the molecule is CCCCCC(=O)N1CCN(c2ccc(N3C[C@H](Cn4cc(C)nn4)OC3=O)cc2F)CC1. The maximum absolute atomic E-state index is 15.0. The lowest BCUT2D eigenvalue weighted by Crippen LogP contribution is -2.49. The molecule has 2 amide bonds. The molecular formula is C23H31FN6O3. The lowest BCUT2D eigenvalue weighted by atomic mass is 10.1. The second-order valence-electron chi connectivity index (χ2n) is 8.66. The fourth-order valence-corrected chi connectivity index (χ4v) is 4.32. The number of hydrogen-bond acceptors (Lipinski definition) is 6. The van der Waals surface area contributed by atoms with Crippen LogP contribution in [0.4, 0.5) is 20.6 Å². The Morgan fingerprint density at radius 2 is 2.00 bits per heavy atom. The van der Waals surface area contributed by atoms with Crippen molar-refractivity contribution in [3.63, 3.8) is 0 Å². The number of rotatable bonds is 8. The number of carbonyl (C=O) groups excluding carboxylic acids is 2. The van der Waals surface area contributed by atoms with Crippen molar-refractivity contribution in [2.24, 2.45) is 0 Å². The van der Waals surface area contributed by atoms with Gasteiger partial charge in [-0.25, -0.2) is 13.9 Å². The highest BCUT2D eigenvalue weighted by Crippen LogP contribution is 2.29. The van der Waals surface area contributed by atoms with Crippen LogP contribution in [0, 0.1) is 12.7 Å². The lowest BCUT2D eigenvalue weighted by molar-refractivity contribution is -0.131. The molecule has 0 bridgehead atoms. The van der Waals surface area contributed by atoms with Crippen LogP contribution < -0.4 is 9.80 Å². The van der Waals surface area contributed by atoms with Crippen molar-refractivity contribution in [2.45, 2.75) is 52.2 Å². The number of anilines is 2. The third kappa shape index (κ3) is 5.43. The van der Waals surface area contributed by atoms with Crippen molar-refractivity contribution in [3.8, 4) is 0 Å². The molecule has 4 rings (SSSR count). The third-order valence-electron chi connectivity index (χ3n) is 6.13. The van der Waals surface area contributed by atoms with Gasteiger partial charge in [0, 0.05) is 38.8 Å². The number of ether oxygens (including phenoxy) is 1. The van der Waals surface area contributed by atoms with E-state index in [4.69, 9.17) is 4.74 Å². The van der Waals surface area contributed by atoms with E-state index in [1.807, 2.05) is 16.7 Å². The zero-order valence-electron chi connectivity index (χ0n) is 19.2. The summed E-state index contributed by atoms with van der Waals surface area (Å²) in [6.07, 6.45) is 4.55. The normalized spacial score (nSPS) is 18.7. The Labute approximate surface area is 193 Å². The Kier molecular flexibility index (Phi) is 7.10. The number of aryl methyl sites for hydroxylation is 1. The van der Waals surface area contributed by atoms with Crippen LogP contribution in [0.25, 0.3) is 0 Å². The number of unbranched alkanes of at least 4 members (excludes halogenated alkanes) is 2. The van der Waals surface area contributed by atoms with Crippen molar-refractivity contribution < 1.29 is 18.7 Å². The molecule has 2 saturated heterocycles. The molecule has 0 N–H and O–H groups in total. The van der Waals surface area contributed by atoms with Gasteiger partial charge in [0.2, 0.25) is 5.91 Å². The van der Waals surface area contributed by atoms with Crippen LogP contribution in [-0.2, 0) is 16.1 Å². The fraction of sp³-hybridized carbons (Fsp3) is 0.565. The van der Waals surface area contributed by atoms with E-state index in [0.29, 0.717) is 57.1 Å². The summed E-state index contributed by atoms with van der Waals surface area (Å²) in [5.41, 5.74) is 1.73. The molecule has 2 aliphatic rings. The number of cyclic esters (lactones) is 1. The molecule has 3 heterocycles. The van der Waals surface area contributed by atoms with Crippen LogP contribution in [0.3, 0.4) is 0 Å². The van der Waals surface area contributed by atoms with E-state index in [1.54, 1.807) is 23.0 Å². The number of halogens is 1. The van der Waals surface area contributed by atoms with Crippen molar-refractivity contribution in [2.75, 3.05) is 42.5 Å². The van der Waals surface area contributed by atoms with Gasteiger partial charge in [0.15, 0.2) is 0 Å². The maximum atomic E-state index is 15.0. The zero-order valence-corrected chi connectivity index (χ0v) is 19.2.